The van der Waals surface area contributed by atoms with Gasteiger partial charge in [-0.05, 0) is 23.3 Å². The highest BCUT2D eigenvalue weighted by Gasteiger charge is 2.55. The second kappa shape index (κ2) is 10.8. The number of ether oxygens (including phenoxy) is 2. The summed E-state index contributed by atoms with van der Waals surface area (Å²) >= 11 is 1.26. The van der Waals surface area contributed by atoms with Gasteiger partial charge in [-0.1, -0.05) is 78.9 Å². The van der Waals surface area contributed by atoms with Crippen molar-refractivity contribution in [2.75, 3.05) is 12.4 Å². The van der Waals surface area contributed by atoms with Crippen molar-refractivity contribution in [2.24, 2.45) is 0 Å². The van der Waals surface area contributed by atoms with Gasteiger partial charge in [-0.25, -0.2) is 4.79 Å². The summed E-state index contributed by atoms with van der Waals surface area (Å²) in [6, 6.07) is 26.5. The Balaban J connectivity index is 1.28. The number of nitrogens with one attached hydrogen (secondary N) is 1. The lowest BCUT2D eigenvalue weighted by molar-refractivity contribution is -0.155. The zero-order valence-corrected chi connectivity index (χ0v) is 20.5. The van der Waals surface area contributed by atoms with E-state index in [2.05, 4.69) is 5.32 Å². The minimum atomic E-state index is -0.841. The fourth-order valence-electron chi connectivity index (χ4n) is 4.22. The summed E-state index contributed by atoms with van der Waals surface area (Å²) in [7, 11) is 0. The maximum absolute atomic E-state index is 13.3. The van der Waals surface area contributed by atoms with Crippen LogP contribution in [0.25, 0.3) is 0 Å². The maximum atomic E-state index is 13.3. The third-order valence-corrected chi connectivity index (χ3v) is 7.27. The van der Waals surface area contributed by atoms with Crippen LogP contribution in [0.5, 0.6) is 5.75 Å². The number of β-lactam (4-membered cyclic amide) rings is 1. The van der Waals surface area contributed by atoms with Crippen molar-refractivity contribution in [3.63, 3.8) is 0 Å². The molecule has 2 unspecified atom stereocenters. The smallest absolute Gasteiger partial charge is 0.359 e. The molecule has 1 saturated heterocycles. The van der Waals surface area contributed by atoms with Crippen molar-refractivity contribution in [3.05, 3.63) is 114 Å². The van der Waals surface area contributed by atoms with Crippen LogP contribution in [-0.4, -0.2) is 51.6 Å². The largest absolute Gasteiger partial charge is 0.509 e. The van der Waals surface area contributed by atoms with Gasteiger partial charge in [0.2, 0.25) is 0 Å². The number of thioether (sulfide) groups is 1. The number of aliphatic hydroxyl groups excluding tert-OH is 1. The molecule has 5 rings (SSSR count). The normalized spacial score (nSPS) is 18.6. The molecule has 2 heterocycles. The van der Waals surface area contributed by atoms with Crippen molar-refractivity contribution >= 4 is 29.5 Å². The second-order valence-electron chi connectivity index (χ2n) is 8.46. The standard InChI is InChI=1S/C28H24N2O6S/c31-21-17-37-27-23(29-22(32)16-35-20-14-8-3-9-15-20)26(33)30(27)24(21)28(34)36-25(18-10-4-1-5-11-18)19-12-6-2-7-13-19/h1-15,23,25,27,31H,16-17H2,(H,29,32). The van der Waals surface area contributed by atoms with Crippen LogP contribution in [0.3, 0.4) is 0 Å². The molecule has 37 heavy (non-hydrogen) atoms. The van der Waals surface area contributed by atoms with Crippen LogP contribution in [0.4, 0.5) is 0 Å². The first kappa shape index (κ1) is 24.5. The summed E-state index contributed by atoms with van der Waals surface area (Å²) in [5, 5.41) is 12.7. The number of nitrogens with zero attached hydrogens (tertiary/aromatic N) is 1. The number of aliphatic hydroxyl groups is 1. The molecule has 8 nitrogen and oxygen atoms in total. The van der Waals surface area contributed by atoms with E-state index >= 15 is 0 Å². The molecule has 0 spiro atoms. The van der Waals surface area contributed by atoms with Crippen molar-refractivity contribution in [3.8, 4) is 5.75 Å². The number of amides is 2. The number of para-hydroxylation sites is 1. The molecule has 9 heteroatoms. The van der Waals surface area contributed by atoms with Gasteiger partial charge in [-0.15, -0.1) is 11.8 Å². The summed E-state index contributed by atoms with van der Waals surface area (Å²) in [6.07, 6.45) is -0.731. The van der Waals surface area contributed by atoms with E-state index in [1.165, 1.54) is 16.7 Å². The van der Waals surface area contributed by atoms with Crippen LogP contribution in [0, 0.1) is 0 Å². The number of benzene rings is 3. The van der Waals surface area contributed by atoms with Gasteiger partial charge in [0.1, 0.15) is 22.9 Å². The summed E-state index contributed by atoms with van der Waals surface area (Å²) in [6.45, 7) is -0.253. The molecule has 2 amide bonds. The number of carbonyl (C=O) groups excluding carboxylic acids is 3. The van der Waals surface area contributed by atoms with Crippen LogP contribution in [-0.2, 0) is 19.1 Å². The Kier molecular flexibility index (Phi) is 7.14. The van der Waals surface area contributed by atoms with E-state index in [4.69, 9.17) is 9.47 Å². The van der Waals surface area contributed by atoms with E-state index in [0.29, 0.717) is 5.75 Å². The van der Waals surface area contributed by atoms with Gasteiger partial charge in [-0.3, -0.25) is 14.5 Å². The minimum Gasteiger partial charge on any atom is -0.509 e. The van der Waals surface area contributed by atoms with E-state index in [1.54, 1.807) is 24.3 Å². The first-order chi connectivity index (χ1) is 18.0. The Labute approximate surface area is 217 Å². The maximum Gasteiger partial charge on any atom is 0.359 e. The highest BCUT2D eigenvalue weighted by molar-refractivity contribution is 8.00. The highest BCUT2D eigenvalue weighted by atomic mass is 32.2. The molecule has 0 radical (unpaired) electrons. The monoisotopic (exact) mass is 516 g/mol. The minimum absolute atomic E-state index is 0.104. The van der Waals surface area contributed by atoms with Crippen molar-refractivity contribution in [1.29, 1.82) is 0 Å². The van der Waals surface area contributed by atoms with Crippen molar-refractivity contribution in [2.45, 2.75) is 17.5 Å². The van der Waals surface area contributed by atoms with Crippen molar-refractivity contribution in [1.82, 2.24) is 10.2 Å². The zero-order valence-electron chi connectivity index (χ0n) is 19.7. The molecule has 0 saturated carbocycles. The van der Waals surface area contributed by atoms with Gasteiger partial charge in [0.05, 0.1) is 5.75 Å². The predicted octanol–water partition coefficient (Wildman–Crippen LogP) is 3.57. The number of rotatable bonds is 8. The molecular weight excluding hydrogens is 492 g/mol. The number of hydrogen-bond acceptors (Lipinski definition) is 7. The molecule has 0 bridgehead atoms. The van der Waals surface area contributed by atoms with E-state index in [-0.39, 0.29) is 23.8 Å². The Morgan fingerprint density at radius 1 is 0.946 bits per heavy atom. The summed E-state index contributed by atoms with van der Waals surface area (Å²) < 4.78 is 11.3. The van der Waals surface area contributed by atoms with Gasteiger partial charge < -0.3 is 19.9 Å². The average Bonchev–Trinajstić information content (AvgIpc) is 2.94. The molecule has 0 aromatic heterocycles. The second-order valence-corrected chi connectivity index (χ2v) is 9.56. The Bertz CT molecular complexity index is 1280. The molecule has 2 aliphatic rings. The van der Waals surface area contributed by atoms with Gasteiger partial charge >= 0.3 is 5.97 Å². The van der Waals surface area contributed by atoms with Gasteiger partial charge in [0.15, 0.2) is 18.4 Å². The molecule has 0 aliphatic carbocycles. The fraction of sp³-hybridized carbons (Fsp3) is 0.179. The third kappa shape index (κ3) is 5.17. The Morgan fingerprint density at radius 3 is 2.11 bits per heavy atom. The average molecular weight is 517 g/mol. The molecule has 3 aromatic carbocycles. The first-order valence-corrected chi connectivity index (χ1v) is 12.7. The number of hydrogen-bond donors (Lipinski definition) is 2. The van der Waals surface area contributed by atoms with E-state index in [1.807, 2.05) is 66.7 Å². The van der Waals surface area contributed by atoms with Gasteiger partial charge in [0.25, 0.3) is 11.8 Å². The van der Waals surface area contributed by atoms with Gasteiger partial charge in [0, 0.05) is 0 Å². The fourth-order valence-corrected chi connectivity index (χ4v) is 5.42. The molecule has 1 fully saturated rings. The molecule has 188 valence electrons. The summed E-state index contributed by atoms with van der Waals surface area (Å²) in [5.74, 6) is -1.37. The zero-order chi connectivity index (χ0) is 25.8. The van der Waals surface area contributed by atoms with Crippen LogP contribution in [0.2, 0.25) is 0 Å². The lowest BCUT2D eigenvalue weighted by atomic mass is 10.0. The molecule has 3 aromatic rings. The molecule has 2 N–H and O–H groups in total. The van der Waals surface area contributed by atoms with Gasteiger partial charge in [-0.2, -0.15) is 0 Å². The number of esters is 1. The Hall–Kier alpha value is -4.24. The highest BCUT2D eigenvalue weighted by Crippen LogP contribution is 2.41. The summed E-state index contributed by atoms with van der Waals surface area (Å²) in [5.41, 5.74) is 1.31. The van der Waals surface area contributed by atoms with Crippen molar-refractivity contribution < 1.29 is 29.0 Å². The van der Waals surface area contributed by atoms with E-state index < -0.39 is 35.3 Å². The lowest BCUT2D eigenvalue weighted by Gasteiger charge is -2.48. The third-order valence-electron chi connectivity index (χ3n) is 6.00. The summed E-state index contributed by atoms with van der Waals surface area (Å²) in [4.78, 5) is 39.9. The first-order valence-electron chi connectivity index (χ1n) is 11.7. The SMILES string of the molecule is O=C(COc1ccccc1)NC1C(=O)N2C(C(=O)OC(c3ccccc3)c3ccccc3)=C(O)CSC12. The lowest BCUT2D eigenvalue weighted by Crippen LogP contribution is -2.71. The Morgan fingerprint density at radius 2 is 1.51 bits per heavy atom. The predicted molar refractivity (Wildman–Crippen MR) is 137 cm³/mol. The number of carbonyl (C=O) groups is 3. The van der Waals surface area contributed by atoms with Crippen LogP contribution >= 0.6 is 11.8 Å². The topological polar surface area (TPSA) is 105 Å². The number of fused-ring (bicyclic) bond motifs is 1. The quantitative estimate of drug-likeness (QED) is 0.348. The van der Waals surface area contributed by atoms with Crippen LogP contribution < -0.4 is 10.1 Å². The van der Waals surface area contributed by atoms with E-state index in [9.17, 15) is 19.5 Å². The molecule has 2 atom stereocenters. The van der Waals surface area contributed by atoms with Crippen LogP contribution in [0.1, 0.15) is 17.2 Å². The molecular formula is C28H24N2O6S. The van der Waals surface area contributed by atoms with E-state index in [0.717, 1.165) is 11.1 Å². The molecule has 2 aliphatic heterocycles. The van der Waals surface area contributed by atoms with Crippen LogP contribution in [0.15, 0.2) is 102 Å².